The van der Waals surface area contributed by atoms with Crippen molar-refractivity contribution in [3.05, 3.63) is 5.82 Å². The molecule has 6 heteroatoms. The van der Waals surface area contributed by atoms with E-state index in [0.717, 1.165) is 25.5 Å². The van der Waals surface area contributed by atoms with E-state index in [1.165, 1.54) is 4.80 Å². The van der Waals surface area contributed by atoms with Crippen LogP contribution < -0.4 is 5.73 Å². The molecular weight excluding hydrogens is 192 g/mol. The minimum Gasteiger partial charge on any atom is -0.329 e. The molecule has 0 amide bonds. The van der Waals surface area contributed by atoms with E-state index in [2.05, 4.69) is 34.2 Å². The van der Waals surface area contributed by atoms with Crippen molar-refractivity contribution >= 4 is 0 Å². The maximum atomic E-state index is 5.56. The highest BCUT2D eigenvalue weighted by atomic mass is 15.6. The van der Waals surface area contributed by atoms with Gasteiger partial charge in [-0.3, -0.25) is 4.90 Å². The van der Waals surface area contributed by atoms with Crippen molar-refractivity contribution in [2.75, 3.05) is 19.6 Å². The number of nitrogens with two attached hydrogens (primary N) is 1. The zero-order valence-electron chi connectivity index (χ0n) is 9.72. The van der Waals surface area contributed by atoms with Gasteiger partial charge in [0, 0.05) is 19.6 Å². The fraction of sp³-hybridized carbons (Fsp3) is 0.889. The normalized spacial score (nSPS) is 11.6. The van der Waals surface area contributed by atoms with Gasteiger partial charge in [0.2, 0.25) is 0 Å². The van der Waals surface area contributed by atoms with E-state index in [4.69, 9.17) is 5.73 Å². The molecule has 0 aliphatic heterocycles. The number of tetrazole rings is 1. The lowest BCUT2D eigenvalue weighted by Gasteiger charge is -2.21. The largest absolute Gasteiger partial charge is 0.329 e. The van der Waals surface area contributed by atoms with Gasteiger partial charge in [0.15, 0.2) is 5.82 Å². The predicted octanol–water partition coefficient (Wildman–Crippen LogP) is -0.373. The maximum absolute atomic E-state index is 5.56. The third-order valence-corrected chi connectivity index (χ3v) is 1.98. The summed E-state index contributed by atoms with van der Waals surface area (Å²) in [5.41, 5.74) is 5.56. The highest BCUT2D eigenvalue weighted by Crippen LogP contribution is 2.01. The molecule has 0 aromatic carbocycles. The average molecular weight is 212 g/mol. The topological polar surface area (TPSA) is 72.9 Å². The van der Waals surface area contributed by atoms with E-state index in [-0.39, 0.29) is 0 Å². The molecule has 0 aliphatic rings. The number of aromatic nitrogens is 4. The fourth-order valence-electron chi connectivity index (χ4n) is 1.52. The van der Waals surface area contributed by atoms with Crippen molar-refractivity contribution in [1.29, 1.82) is 0 Å². The Hall–Kier alpha value is -1.01. The Morgan fingerprint density at radius 1 is 1.47 bits per heavy atom. The van der Waals surface area contributed by atoms with Crippen LogP contribution in [0.15, 0.2) is 0 Å². The van der Waals surface area contributed by atoms with Gasteiger partial charge < -0.3 is 5.73 Å². The second-order valence-corrected chi connectivity index (χ2v) is 4.11. The Kier molecular flexibility index (Phi) is 4.64. The molecule has 1 aromatic rings. The standard InChI is InChI=1S/C9H20N6/c1-8(2)6-15(5-4-10)7-9-11-13-14(3)12-9/h8H,4-7,10H2,1-3H3. The van der Waals surface area contributed by atoms with E-state index in [1.807, 2.05) is 0 Å². The molecule has 1 rings (SSSR count). The lowest BCUT2D eigenvalue weighted by Crippen LogP contribution is -2.32. The van der Waals surface area contributed by atoms with Gasteiger partial charge in [0.25, 0.3) is 0 Å². The second kappa shape index (κ2) is 5.77. The van der Waals surface area contributed by atoms with Crippen molar-refractivity contribution in [2.24, 2.45) is 18.7 Å². The first kappa shape index (κ1) is 12.1. The first-order valence-electron chi connectivity index (χ1n) is 5.27. The Labute approximate surface area is 90.4 Å². The summed E-state index contributed by atoms with van der Waals surface area (Å²) in [4.78, 5) is 3.73. The summed E-state index contributed by atoms with van der Waals surface area (Å²) in [5.74, 6) is 1.37. The summed E-state index contributed by atoms with van der Waals surface area (Å²) in [6.45, 7) is 7.64. The van der Waals surface area contributed by atoms with E-state index in [0.29, 0.717) is 12.5 Å². The molecule has 0 fully saturated rings. The Morgan fingerprint density at radius 2 is 2.20 bits per heavy atom. The molecule has 6 nitrogen and oxygen atoms in total. The minimum atomic E-state index is 0.619. The summed E-state index contributed by atoms with van der Waals surface area (Å²) >= 11 is 0. The number of nitrogens with zero attached hydrogens (tertiary/aromatic N) is 5. The lowest BCUT2D eigenvalue weighted by atomic mass is 10.2. The average Bonchev–Trinajstić information content (AvgIpc) is 2.50. The van der Waals surface area contributed by atoms with Gasteiger partial charge in [0.05, 0.1) is 13.6 Å². The smallest absolute Gasteiger partial charge is 0.188 e. The van der Waals surface area contributed by atoms with Crippen LogP contribution in [0, 0.1) is 5.92 Å². The number of hydrogen-bond donors (Lipinski definition) is 1. The molecule has 0 spiro atoms. The molecule has 0 saturated carbocycles. The molecule has 0 unspecified atom stereocenters. The van der Waals surface area contributed by atoms with Gasteiger partial charge in [-0.2, -0.15) is 4.80 Å². The molecule has 0 aliphatic carbocycles. The SMILES string of the molecule is CC(C)CN(CCN)Cc1nnn(C)n1. The predicted molar refractivity (Wildman–Crippen MR) is 58.0 cm³/mol. The molecule has 0 saturated heterocycles. The number of hydrogen-bond acceptors (Lipinski definition) is 5. The zero-order valence-corrected chi connectivity index (χ0v) is 9.72. The lowest BCUT2D eigenvalue weighted by molar-refractivity contribution is 0.237. The summed E-state index contributed by atoms with van der Waals surface area (Å²) in [7, 11) is 1.77. The number of rotatable bonds is 6. The minimum absolute atomic E-state index is 0.619. The van der Waals surface area contributed by atoms with Crippen molar-refractivity contribution in [3.63, 3.8) is 0 Å². The Bertz CT molecular complexity index is 282. The molecule has 0 atom stereocenters. The van der Waals surface area contributed by atoms with Crippen molar-refractivity contribution in [1.82, 2.24) is 25.1 Å². The van der Waals surface area contributed by atoms with Crippen molar-refractivity contribution < 1.29 is 0 Å². The van der Waals surface area contributed by atoms with Crippen LogP contribution in [0.5, 0.6) is 0 Å². The first-order chi connectivity index (χ1) is 7.11. The van der Waals surface area contributed by atoms with Crippen molar-refractivity contribution in [2.45, 2.75) is 20.4 Å². The number of aryl methyl sites for hydroxylation is 1. The fourth-order valence-corrected chi connectivity index (χ4v) is 1.52. The third kappa shape index (κ3) is 4.35. The highest BCUT2D eigenvalue weighted by molar-refractivity contribution is 4.77. The van der Waals surface area contributed by atoms with E-state index in [9.17, 15) is 0 Å². The highest BCUT2D eigenvalue weighted by Gasteiger charge is 2.10. The molecule has 0 bridgehead atoms. The summed E-state index contributed by atoms with van der Waals surface area (Å²) in [5, 5.41) is 11.9. The van der Waals surface area contributed by atoms with Crippen LogP contribution in [-0.2, 0) is 13.6 Å². The van der Waals surface area contributed by atoms with Gasteiger partial charge in [-0.15, -0.1) is 10.2 Å². The van der Waals surface area contributed by atoms with Gasteiger partial charge in [0.1, 0.15) is 0 Å². The van der Waals surface area contributed by atoms with Crippen LogP contribution in [0.25, 0.3) is 0 Å². The summed E-state index contributed by atoms with van der Waals surface area (Å²) < 4.78 is 0. The van der Waals surface area contributed by atoms with Gasteiger partial charge in [-0.05, 0) is 11.1 Å². The Balaban J connectivity index is 2.50. The van der Waals surface area contributed by atoms with Gasteiger partial charge in [-0.1, -0.05) is 13.8 Å². The van der Waals surface area contributed by atoms with Crippen LogP contribution in [0.2, 0.25) is 0 Å². The molecule has 1 heterocycles. The van der Waals surface area contributed by atoms with Crippen LogP contribution >= 0.6 is 0 Å². The molecule has 1 aromatic heterocycles. The van der Waals surface area contributed by atoms with Crippen LogP contribution in [0.4, 0.5) is 0 Å². The van der Waals surface area contributed by atoms with Crippen LogP contribution in [-0.4, -0.2) is 44.7 Å². The zero-order chi connectivity index (χ0) is 11.3. The second-order valence-electron chi connectivity index (χ2n) is 4.11. The van der Waals surface area contributed by atoms with E-state index >= 15 is 0 Å². The summed E-state index contributed by atoms with van der Waals surface area (Å²) in [6.07, 6.45) is 0. The summed E-state index contributed by atoms with van der Waals surface area (Å²) in [6, 6.07) is 0. The monoisotopic (exact) mass is 212 g/mol. The van der Waals surface area contributed by atoms with Gasteiger partial charge in [-0.25, -0.2) is 0 Å². The first-order valence-corrected chi connectivity index (χ1v) is 5.27. The molecular formula is C9H20N6. The Morgan fingerprint density at radius 3 is 2.67 bits per heavy atom. The molecule has 2 N–H and O–H groups in total. The van der Waals surface area contributed by atoms with Crippen LogP contribution in [0.3, 0.4) is 0 Å². The molecule has 15 heavy (non-hydrogen) atoms. The molecule has 0 radical (unpaired) electrons. The van der Waals surface area contributed by atoms with E-state index < -0.39 is 0 Å². The quantitative estimate of drug-likeness (QED) is 0.696. The van der Waals surface area contributed by atoms with Gasteiger partial charge >= 0.3 is 0 Å². The third-order valence-electron chi connectivity index (χ3n) is 1.98. The maximum Gasteiger partial charge on any atom is 0.188 e. The molecule has 86 valence electrons. The van der Waals surface area contributed by atoms with Crippen molar-refractivity contribution in [3.8, 4) is 0 Å². The van der Waals surface area contributed by atoms with Crippen LogP contribution in [0.1, 0.15) is 19.7 Å². The van der Waals surface area contributed by atoms with E-state index in [1.54, 1.807) is 7.05 Å².